The largest absolute Gasteiger partial charge is 0.338 e. The van der Waals surface area contributed by atoms with Gasteiger partial charge in [0, 0.05) is 18.1 Å². The minimum absolute atomic E-state index is 0.0549. The molecule has 1 heterocycles. The molecule has 0 unspecified atom stereocenters. The number of hydrogen-bond donors (Lipinski definition) is 0. The van der Waals surface area contributed by atoms with Crippen molar-refractivity contribution in [3.05, 3.63) is 76.6 Å². The second-order valence-corrected chi connectivity index (χ2v) is 7.74. The number of hydrogen-bond acceptors (Lipinski definition) is 4. The average molecular weight is 415 g/mol. The number of benzene rings is 2. The van der Waals surface area contributed by atoms with Gasteiger partial charge in [0.1, 0.15) is 5.82 Å². The van der Waals surface area contributed by atoms with E-state index >= 15 is 0 Å². The lowest BCUT2D eigenvalue weighted by atomic mass is 10.2. The van der Waals surface area contributed by atoms with Crippen LogP contribution in [0, 0.1) is 6.92 Å². The highest BCUT2D eigenvalue weighted by atomic mass is 35.5. The molecule has 5 nitrogen and oxygen atoms in total. The number of thioether (sulfide) groups is 1. The molecule has 3 aromatic rings. The number of aryl methyl sites for hydroxylation is 1. The molecule has 0 fully saturated rings. The zero-order chi connectivity index (χ0) is 19.9. The average Bonchev–Trinajstić information content (AvgIpc) is 3.06. The van der Waals surface area contributed by atoms with Crippen molar-refractivity contribution in [1.29, 1.82) is 0 Å². The van der Waals surface area contributed by atoms with Crippen molar-refractivity contribution in [3.8, 4) is 0 Å². The number of carbonyl (C=O) groups is 1. The molecule has 0 saturated heterocycles. The van der Waals surface area contributed by atoms with Crippen molar-refractivity contribution < 1.29 is 4.79 Å². The maximum atomic E-state index is 12.7. The zero-order valence-corrected chi connectivity index (χ0v) is 17.6. The summed E-state index contributed by atoms with van der Waals surface area (Å²) in [6.07, 6.45) is 0. The summed E-state index contributed by atoms with van der Waals surface area (Å²) in [7, 11) is 0. The molecule has 0 aliphatic carbocycles. The summed E-state index contributed by atoms with van der Waals surface area (Å²) in [5, 5.41) is 9.87. The molecule has 2 aromatic carbocycles. The zero-order valence-electron chi connectivity index (χ0n) is 16.0. The van der Waals surface area contributed by atoms with Gasteiger partial charge >= 0.3 is 0 Å². The van der Waals surface area contributed by atoms with Crippen LogP contribution in [0.4, 0.5) is 0 Å². The highest BCUT2D eigenvalue weighted by Gasteiger charge is 2.17. The molecule has 0 bridgehead atoms. The van der Waals surface area contributed by atoms with Crippen molar-refractivity contribution in [2.45, 2.75) is 32.1 Å². The van der Waals surface area contributed by atoms with Crippen LogP contribution in [0.15, 0.2) is 59.8 Å². The van der Waals surface area contributed by atoms with Crippen LogP contribution in [0.25, 0.3) is 0 Å². The monoisotopic (exact) mass is 414 g/mol. The number of nitrogens with zero attached hydrogens (tertiary/aromatic N) is 4. The molecule has 0 aliphatic rings. The first kappa shape index (κ1) is 20.4. The predicted molar refractivity (Wildman–Crippen MR) is 114 cm³/mol. The maximum absolute atomic E-state index is 12.7. The van der Waals surface area contributed by atoms with Gasteiger partial charge in [-0.3, -0.25) is 4.79 Å². The Labute approximate surface area is 174 Å². The molecule has 28 heavy (non-hydrogen) atoms. The first-order valence-corrected chi connectivity index (χ1v) is 10.5. The van der Waals surface area contributed by atoms with E-state index in [9.17, 15) is 4.79 Å². The first-order chi connectivity index (χ1) is 13.6. The van der Waals surface area contributed by atoms with Crippen LogP contribution in [0.2, 0.25) is 5.02 Å². The molecule has 7 heteroatoms. The Bertz CT molecular complexity index is 929. The molecule has 0 radical (unpaired) electrons. The second kappa shape index (κ2) is 9.75. The van der Waals surface area contributed by atoms with E-state index in [1.165, 1.54) is 17.3 Å². The van der Waals surface area contributed by atoms with Crippen LogP contribution in [-0.4, -0.2) is 37.9 Å². The van der Waals surface area contributed by atoms with Gasteiger partial charge in [-0.05, 0) is 31.0 Å². The van der Waals surface area contributed by atoms with E-state index in [1.54, 1.807) is 4.90 Å². The summed E-state index contributed by atoms with van der Waals surface area (Å²) >= 11 is 7.66. The Kier molecular flexibility index (Phi) is 7.12. The summed E-state index contributed by atoms with van der Waals surface area (Å²) in [5.74, 6) is 1.20. The summed E-state index contributed by atoms with van der Waals surface area (Å²) in [6.45, 7) is 5.72. The number of rotatable bonds is 8. The van der Waals surface area contributed by atoms with Gasteiger partial charge in [-0.2, -0.15) is 0 Å². The molecule has 0 saturated carbocycles. The van der Waals surface area contributed by atoms with Gasteiger partial charge in [-0.1, -0.05) is 71.9 Å². The molecule has 0 spiro atoms. The smallest absolute Gasteiger partial charge is 0.233 e. The van der Waals surface area contributed by atoms with Gasteiger partial charge in [0.15, 0.2) is 5.16 Å². The van der Waals surface area contributed by atoms with E-state index in [0.717, 1.165) is 16.5 Å². The molecular weight excluding hydrogens is 392 g/mol. The lowest BCUT2D eigenvalue weighted by molar-refractivity contribution is -0.128. The fraction of sp³-hybridized carbons (Fsp3) is 0.286. The summed E-state index contributed by atoms with van der Waals surface area (Å²) in [5.41, 5.74) is 2.12. The van der Waals surface area contributed by atoms with E-state index in [0.29, 0.717) is 30.4 Å². The Hall–Kier alpha value is -2.31. The van der Waals surface area contributed by atoms with E-state index < -0.39 is 0 Å². The van der Waals surface area contributed by atoms with Gasteiger partial charge in [0.05, 0.1) is 12.3 Å². The molecule has 1 aromatic heterocycles. The standard InChI is InChI=1S/C21H23ClN4OS/c1-3-25(14-18-11-7-8-12-19(18)22)20(27)15-28-21-24-23-16(2)26(21)13-17-9-5-4-6-10-17/h4-12H,3,13-15H2,1-2H3. The van der Waals surface area contributed by atoms with Crippen LogP contribution in [0.1, 0.15) is 23.9 Å². The Balaban J connectivity index is 1.64. The highest BCUT2D eigenvalue weighted by molar-refractivity contribution is 7.99. The fourth-order valence-electron chi connectivity index (χ4n) is 2.84. The highest BCUT2D eigenvalue weighted by Crippen LogP contribution is 2.21. The van der Waals surface area contributed by atoms with Crippen LogP contribution in [0.5, 0.6) is 0 Å². The summed E-state index contributed by atoms with van der Waals surface area (Å²) in [4.78, 5) is 14.5. The van der Waals surface area contributed by atoms with Crippen LogP contribution in [-0.2, 0) is 17.9 Å². The van der Waals surface area contributed by atoms with Gasteiger partial charge in [0.2, 0.25) is 5.91 Å². The van der Waals surface area contributed by atoms with Crippen LogP contribution < -0.4 is 0 Å². The third-order valence-corrected chi connectivity index (χ3v) is 5.78. The number of halogens is 1. The van der Waals surface area contributed by atoms with Crippen molar-refractivity contribution in [1.82, 2.24) is 19.7 Å². The second-order valence-electron chi connectivity index (χ2n) is 6.39. The Morgan fingerprint density at radius 3 is 2.54 bits per heavy atom. The summed E-state index contributed by atoms with van der Waals surface area (Å²) in [6, 6.07) is 17.8. The molecule has 1 amide bonds. The van der Waals surface area contributed by atoms with Crippen LogP contribution in [0.3, 0.4) is 0 Å². The minimum atomic E-state index is 0.0549. The fourth-order valence-corrected chi connectivity index (χ4v) is 3.92. The van der Waals surface area contributed by atoms with Gasteiger partial charge < -0.3 is 9.47 Å². The molecule has 0 N–H and O–H groups in total. The third-order valence-electron chi connectivity index (χ3n) is 4.46. The normalized spacial score (nSPS) is 10.8. The molecule has 146 valence electrons. The number of amides is 1. The van der Waals surface area contributed by atoms with E-state index in [2.05, 4.69) is 22.3 Å². The number of aromatic nitrogens is 3. The van der Waals surface area contributed by atoms with Gasteiger partial charge in [-0.25, -0.2) is 0 Å². The first-order valence-electron chi connectivity index (χ1n) is 9.16. The van der Waals surface area contributed by atoms with Gasteiger partial charge in [-0.15, -0.1) is 10.2 Å². The van der Waals surface area contributed by atoms with Gasteiger partial charge in [0.25, 0.3) is 0 Å². The van der Waals surface area contributed by atoms with Crippen molar-refractivity contribution >= 4 is 29.3 Å². The molecule has 3 rings (SSSR count). The van der Waals surface area contributed by atoms with Crippen LogP contribution >= 0.6 is 23.4 Å². The molecule has 0 atom stereocenters. The summed E-state index contributed by atoms with van der Waals surface area (Å²) < 4.78 is 2.04. The van der Waals surface area contributed by atoms with Crippen molar-refractivity contribution in [2.24, 2.45) is 0 Å². The third kappa shape index (κ3) is 5.14. The Morgan fingerprint density at radius 1 is 1.11 bits per heavy atom. The topological polar surface area (TPSA) is 51.0 Å². The van der Waals surface area contributed by atoms with Crippen molar-refractivity contribution in [3.63, 3.8) is 0 Å². The van der Waals surface area contributed by atoms with E-state index in [4.69, 9.17) is 11.6 Å². The Morgan fingerprint density at radius 2 is 1.82 bits per heavy atom. The minimum Gasteiger partial charge on any atom is -0.338 e. The quantitative estimate of drug-likeness (QED) is 0.511. The van der Waals surface area contributed by atoms with E-state index in [-0.39, 0.29) is 5.91 Å². The van der Waals surface area contributed by atoms with E-state index in [1.807, 2.05) is 60.9 Å². The lowest BCUT2D eigenvalue weighted by Crippen LogP contribution is -2.32. The SMILES string of the molecule is CCN(Cc1ccccc1Cl)C(=O)CSc1nnc(C)n1Cc1ccccc1. The lowest BCUT2D eigenvalue weighted by Gasteiger charge is -2.21. The predicted octanol–water partition coefficient (Wildman–Crippen LogP) is 4.43. The molecular formula is C21H23ClN4OS. The molecule has 0 aliphatic heterocycles. The number of carbonyl (C=O) groups excluding carboxylic acids is 1. The maximum Gasteiger partial charge on any atom is 0.233 e. The van der Waals surface area contributed by atoms with Crippen molar-refractivity contribution in [2.75, 3.05) is 12.3 Å².